The Morgan fingerprint density at radius 2 is 2.14 bits per heavy atom. The van der Waals surface area contributed by atoms with Crippen LogP contribution in [0.2, 0.25) is 0 Å². The monoisotopic (exact) mass is 301 g/mol. The fourth-order valence-electron chi connectivity index (χ4n) is 2.21. The van der Waals surface area contributed by atoms with Gasteiger partial charge in [-0.15, -0.1) is 0 Å². The largest absolute Gasteiger partial charge is 0.480 e. The molecule has 0 spiro atoms. The Balaban J connectivity index is 2.66. The van der Waals surface area contributed by atoms with Crippen molar-refractivity contribution in [3.8, 4) is 0 Å². The molecule has 1 aliphatic rings. The lowest BCUT2D eigenvalue weighted by molar-refractivity contribution is -0.139. The average molecular weight is 301 g/mol. The molecule has 0 radical (unpaired) electrons. The third-order valence-electron chi connectivity index (χ3n) is 3.48. The molecule has 1 rings (SSSR count). The molecule has 3 unspecified atom stereocenters. The van der Waals surface area contributed by atoms with Crippen molar-refractivity contribution in [3.63, 3.8) is 0 Å². The average Bonchev–Trinajstić information content (AvgIpc) is 2.42. The number of carboxylic acid groups (broad SMARTS) is 1. The maximum atomic E-state index is 12.3. The van der Waals surface area contributed by atoms with Gasteiger partial charge < -0.3 is 25.8 Å². The summed E-state index contributed by atoms with van der Waals surface area (Å²) in [7, 11) is 0. The summed E-state index contributed by atoms with van der Waals surface area (Å²) in [4.78, 5) is 35.7. The third-order valence-corrected chi connectivity index (χ3v) is 3.48. The van der Waals surface area contributed by atoms with Crippen molar-refractivity contribution in [1.82, 2.24) is 10.2 Å². The van der Waals surface area contributed by atoms with Crippen molar-refractivity contribution in [1.29, 1.82) is 0 Å². The third kappa shape index (κ3) is 5.22. The number of nitrogens with zero attached hydrogens (tertiary/aromatic N) is 1. The number of carboxylic acids is 1. The predicted octanol–water partition coefficient (Wildman–Crippen LogP) is -0.0860. The van der Waals surface area contributed by atoms with Gasteiger partial charge in [-0.1, -0.05) is 6.92 Å². The maximum absolute atomic E-state index is 12.3. The van der Waals surface area contributed by atoms with E-state index in [1.165, 1.54) is 0 Å². The molecule has 0 aliphatic carbocycles. The van der Waals surface area contributed by atoms with E-state index in [1.54, 1.807) is 4.90 Å². The zero-order valence-electron chi connectivity index (χ0n) is 12.4. The smallest absolute Gasteiger partial charge is 0.326 e. The number of aliphatic carboxylic acids is 1. The fraction of sp³-hybridized carbons (Fsp3) is 0.769. The van der Waals surface area contributed by atoms with E-state index in [-0.39, 0.29) is 25.0 Å². The summed E-state index contributed by atoms with van der Waals surface area (Å²) < 4.78 is 5.49. The van der Waals surface area contributed by atoms with Gasteiger partial charge in [0, 0.05) is 13.0 Å². The first-order valence-electron chi connectivity index (χ1n) is 7.05. The summed E-state index contributed by atoms with van der Waals surface area (Å²) in [5.74, 6) is -1.78. The minimum atomic E-state index is -1.18. The van der Waals surface area contributed by atoms with Gasteiger partial charge in [0.1, 0.15) is 6.04 Å². The number of nitrogens with two attached hydrogens (primary N) is 1. The van der Waals surface area contributed by atoms with Crippen molar-refractivity contribution in [2.75, 3.05) is 13.2 Å². The van der Waals surface area contributed by atoms with E-state index in [0.29, 0.717) is 13.2 Å². The second-order valence-electron chi connectivity index (χ2n) is 5.20. The van der Waals surface area contributed by atoms with E-state index in [9.17, 15) is 14.4 Å². The first kappa shape index (κ1) is 17.2. The molecular weight excluding hydrogens is 278 g/mol. The highest BCUT2D eigenvalue weighted by Gasteiger charge is 2.31. The quantitative estimate of drug-likeness (QED) is 0.633. The first-order chi connectivity index (χ1) is 9.85. The first-order valence-corrected chi connectivity index (χ1v) is 7.05. The number of rotatable bonds is 6. The van der Waals surface area contributed by atoms with E-state index < -0.39 is 23.9 Å². The fourth-order valence-corrected chi connectivity index (χ4v) is 2.21. The molecule has 0 saturated carbocycles. The van der Waals surface area contributed by atoms with E-state index in [4.69, 9.17) is 15.6 Å². The standard InChI is InChI=1S/C13H23N3O5/c1-3-9-7-21-8(2)6-16(9)13(20)15-10(12(18)19)4-5-11(14)17/h8-10H,3-7H2,1-2H3,(H2,14,17)(H,15,20)(H,18,19). The van der Waals surface area contributed by atoms with Crippen molar-refractivity contribution >= 4 is 17.9 Å². The minimum Gasteiger partial charge on any atom is -0.480 e. The lowest BCUT2D eigenvalue weighted by atomic mass is 10.1. The molecule has 1 fully saturated rings. The molecule has 1 heterocycles. The molecule has 120 valence electrons. The number of primary amides is 1. The molecule has 21 heavy (non-hydrogen) atoms. The highest BCUT2D eigenvalue weighted by atomic mass is 16.5. The van der Waals surface area contributed by atoms with Gasteiger partial charge in [0.05, 0.1) is 18.8 Å². The van der Waals surface area contributed by atoms with Crippen molar-refractivity contribution in [3.05, 3.63) is 0 Å². The maximum Gasteiger partial charge on any atom is 0.326 e. The molecular formula is C13H23N3O5. The topological polar surface area (TPSA) is 122 Å². The Hall–Kier alpha value is -1.83. The van der Waals surface area contributed by atoms with Crippen LogP contribution >= 0.6 is 0 Å². The van der Waals surface area contributed by atoms with E-state index >= 15 is 0 Å². The lowest BCUT2D eigenvalue weighted by Gasteiger charge is -2.38. The minimum absolute atomic E-state index is 0.0207. The van der Waals surface area contributed by atoms with Crippen LogP contribution in [0, 0.1) is 0 Å². The molecule has 8 nitrogen and oxygen atoms in total. The molecule has 4 N–H and O–H groups in total. The molecule has 8 heteroatoms. The van der Waals surface area contributed by atoms with Gasteiger partial charge in [0.15, 0.2) is 0 Å². The summed E-state index contributed by atoms with van der Waals surface area (Å²) in [6.45, 7) is 4.64. The zero-order chi connectivity index (χ0) is 16.0. The zero-order valence-corrected chi connectivity index (χ0v) is 12.4. The van der Waals surface area contributed by atoms with Gasteiger partial charge in [0.25, 0.3) is 0 Å². The summed E-state index contributed by atoms with van der Waals surface area (Å²) >= 11 is 0. The van der Waals surface area contributed by atoms with Crippen LogP contribution in [-0.2, 0) is 14.3 Å². The Morgan fingerprint density at radius 3 is 2.67 bits per heavy atom. The second-order valence-corrected chi connectivity index (χ2v) is 5.20. The molecule has 3 atom stereocenters. The number of nitrogens with one attached hydrogen (secondary N) is 1. The Morgan fingerprint density at radius 1 is 1.48 bits per heavy atom. The van der Waals surface area contributed by atoms with E-state index in [1.807, 2.05) is 13.8 Å². The molecule has 1 aliphatic heterocycles. The van der Waals surface area contributed by atoms with Crippen molar-refractivity contribution in [2.24, 2.45) is 5.73 Å². The highest BCUT2D eigenvalue weighted by molar-refractivity contribution is 5.83. The summed E-state index contributed by atoms with van der Waals surface area (Å²) in [5, 5.41) is 11.5. The van der Waals surface area contributed by atoms with Crippen LogP contribution in [0.25, 0.3) is 0 Å². The van der Waals surface area contributed by atoms with E-state index in [0.717, 1.165) is 6.42 Å². The van der Waals surface area contributed by atoms with E-state index in [2.05, 4.69) is 5.32 Å². The number of carbonyl (C=O) groups excluding carboxylic acids is 2. The summed E-state index contributed by atoms with van der Waals surface area (Å²) in [6, 6.07) is -1.65. The van der Waals surface area contributed by atoms with Crippen LogP contribution in [-0.4, -0.2) is 59.3 Å². The van der Waals surface area contributed by atoms with Crippen molar-refractivity contribution < 1.29 is 24.2 Å². The molecule has 3 amide bonds. The number of hydrogen-bond donors (Lipinski definition) is 3. The molecule has 1 saturated heterocycles. The lowest BCUT2D eigenvalue weighted by Crippen LogP contribution is -2.57. The van der Waals surface area contributed by atoms with Crippen LogP contribution in [0.15, 0.2) is 0 Å². The van der Waals surface area contributed by atoms with Crippen LogP contribution < -0.4 is 11.1 Å². The summed E-state index contributed by atoms with van der Waals surface area (Å²) in [5.41, 5.74) is 5.00. The Labute approximate surface area is 123 Å². The molecule has 0 bridgehead atoms. The van der Waals surface area contributed by atoms with Crippen LogP contribution in [0.3, 0.4) is 0 Å². The second kappa shape index (κ2) is 7.82. The number of hydrogen-bond acceptors (Lipinski definition) is 4. The molecule has 0 aromatic heterocycles. The normalized spacial score (nSPS) is 23.4. The molecule has 0 aromatic rings. The number of morpholine rings is 1. The number of amides is 3. The van der Waals surface area contributed by atoms with Gasteiger partial charge in [-0.3, -0.25) is 4.79 Å². The van der Waals surface area contributed by atoms with Gasteiger partial charge in [-0.05, 0) is 19.8 Å². The van der Waals surface area contributed by atoms with Gasteiger partial charge in [-0.25, -0.2) is 9.59 Å². The van der Waals surface area contributed by atoms with Crippen LogP contribution in [0.5, 0.6) is 0 Å². The predicted molar refractivity (Wildman–Crippen MR) is 74.6 cm³/mol. The number of urea groups is 1. The highest BCUT2D eigenvalue weighted by Crippen LogP contribution is 2.15. The van der Waals surface area contributed by atoms with Crippen LogP contribution in [0.4, 0.5) is 4.79 Å². The number of carbonyl (C=O) groups is 3. The van der Waals surface area contributed by atoms with Gasteiger partial charge in [0.2, 0.25) is 5.91 Å². The number of ether oxygens (including phenoxy) is 1. The SMILES string of the molecule is CCC1COC(C)CN1C(=O)NC(CCC(N)=O)C(=O)O. The summed E-state index contributed by atoms with van der Waals surface area (Å²) in [6.07, 6.45) is 0.521. The van der Waals surface area contributed by atoms with Crippen LogP contribution in [0.1, 0.15) is 33.1 Å². The Kier molecular flexibility index (Phi) is 6.41. The van der Waals surface area contributed by atoms with Gasteiger partial charge in [-0.2, -0.15) is 0 Å². The Bertz CT molecular complexity index is 401. The van der Waals surface area contributed by atoms with Crippen molar-refractivity contribution in [2.45, 2.75) is 51.3 Å². The molecule has 0 aromatic carbocycles. The van der Waals surface area contributed by atoms with Gasteiger partial charge >= 0.3 is 12.0 Å².